The van der Waals surface area contributed by atoms with Crippen LogP contribution in [0.5, 0.6) is 0 Å². The molecule has 0 atom stereocenters. The summed E-state index contributed by atoms with van der Waals surface area (Å²) in [5.41, 5.74) is 2.90. The minimum atomic E-state index is 0.735. The molecule has 5 heteroatoms. The van der Waals surface area contributed by atoms with Crippen LogP contribution in [0.4, 0.5) is 5.82 Å². The fraction of sp³-hybridized carbons (Fsp3) is 0.462. The molecule has 0 aromatic carbocycles. The topological polar surface area (TPSA) is 55.6 Å². The molecule has 96 valence electrons. The lowest BCUT2D eigenvalue weighted by Crippen LogP contribution is -2.04. The van der Waals surface area contributed by atoms with Gasteiger partial charge >= 0.3 is 0 Å². The largest absolute Gasteiger partial charge is 0.370 e. The molecular weight excluding hydrogens is 226 g/mol. The second-order valence-electron chi connectivity index (χ2n) is 4.45. The average Bonchev–Trinajstić information content (AvgIpc) is 2.65. The van der Waals surface area contributed by atoms with E-state index >= 15 is 0 Å². The zero-order valence-electron chi connectivity index (χ0n) is 11.4. The van der Waals surface area contributed by atoms with Crippen molar-refractivity contribution in [2.75, 3.05) is 11.9 Å². The number of anilines is 1. The van der Waals surface area contributed by atoms with E-state index in [2.05, 4.69) is 27.3 Å². The summed E-state index contributed by atoms with van der Waals surface area (Å²) in [6, 6.07) is 1.96. The number of nitrogens with one attached hydrogen (secondary N) is 1. The van der Waals surface area contributed by atoms with Gasteiger partial charge in [0, 0.05) is 31.5 Å². The van der Waals surface area contributed by atoms with Crippen molar-refractivity contribution in [3.63, 3.8) is 0 Å². The first kappa shape index (κ1) is 12.5. The van der Waals surface area contributed by atoms with Gasteiger partial charge in [-0.2, -0.15) is 5.10 Å². The van der Waals surface area contributed by atoms with E-state index in [4.69, 9.17) is 0 Å². The Kier molecular flexibility index (Phi) is 3.60. The third-order valence-corrected chi connectivity index (χ3v) is 2.66. The van der Waals surface area contributed by atoms with Gasteiger partial charge in [-0.05, 0) is 20.3 Å². The van der Waals surface area contributed by atoms with Crippen molar-refractivity contribution in [1.82, 2.24) is 19.7 Å². The standard InChI is InChI=1S/C13H19N5/c1-5-6-14-12-7-9(2)15-13(16-12)11-8-18(4)17-10(11)3/h7-8H,5-6H2,1-4H3,(H,14,15,16). The first-order valence-electron chi connectivity index (χ1n) is 6.20. The van der Waals surface area contributed by atoms with E-state index in [1.165, 1.54) is 0 Å². The Morgan fingerprint density at radius 3 is 2.67 bits per heavy atom. The Morgan fingerprint density at radius 1 is 1.28 bits per heavy atom. The van der Waals surface area contributed by atoms with Crippen LogP contribution >= 0.6 is 0 Å². The molecule has 0 saturated heterocycles. The molecule has 1 N–H and O–H groups in total. The molecule has 0 fully saturated rings. The maximum Gasteiger partial charge on any atom is 0.165 e. The summed E-state index contributed by atoms with van der Waals surface area (Å²) in [6.07, 6.45) is 3.03. The van der Waals surface area contributed by atoms with Gasteiger partial charge in [-0.15, -0.1) is 0 Å². The Hall–Kier alpha value is -1.91. The highest BCUT2D eigenvalue weighted by Crippen LogP contribution is 2.20. The third kappa shape index (κ3) is 2.67. The quantitative estimate of drug-likeness (QED) is 0.898. The van der Waals surface area contributed by atoms with Crippen molar-refractivity contribution in [3.8, 4) is 11.4 Å². The first-order valence-corrected chi connectivity index (χ1v) is 6.20. The second-order valence-corrected chi connectivity index (χ2v) is 4.45. The van der Waals surface area contributed by atoms with Crippen LogP contribution in [0.15, 0.2) is 12.3 Å². The molecule has 0 aliphatic carbocycles. The maximum absolute atomic E-state index is 4.54. The molecule has 0 aliphatic heterocycles. The van der Waals surface area contributed by atoms with Crippen LogP contribution in [0.2, 0.25) is 0 Å². The average molecular weight is 245 g/mol. The van der Waals surface area contributed by atoms with Crippen LogP contribution in [0, 0.1) is 13.8 Å². The van der Waals surface area contributed by atoms with Crippen molar-refractivity contribution in [2.24, 2.45) is 7.05 Å². The van der Waals surface area contributed by atoms with E-state index < -0.39 is 0 Å². The number of hydrogen-bond donors (Lipinski definition) is 1. The van der Waals surface area contributed by atoms with E-state index in [-0.39, 0.29) is 0 Å². The van der Waals surface area contributed by atoms with Crippen LogP contribution in [0.1, 0.15) is 24.7 Å². The Morgan fingerprint density at radius 2 is 2.06 bits per heavy atom. The number of hydrogen-bond acceptors (Lipinski definition) is 4. The fourth-order valence-corrected chi connectivity index (χ4v) is 1.85. The van der Waals surface area contributed by atoms with Gasteiger partial charge in [0.25, 0.3) is 0 Å². The van der Waals surface area contributed by atoms with Crippen LogP contribution in [0.25, 0.3) is 11.4 Å². The fourth-order valence-electron chi connectivity index (χ4n) is 1.85. The molecule has 0 aliphatic rings. The van der Waals surface area contributed by atoms with Crippen LogP contribution < -0.4 is 5.32 Å². The predicted molar refractivity (Wildman–Crippen MR) is 72.5 cm³/mol. The number of nitrogens with zero attached hydrogens (tertiary/aromatic N) is 4. The SMILES string of the molecule is CCCNc1cc(C)nc(-c2cn(C)nc2C)n1. The van der Waals surface area contributed by atoms with Gasteiger partial charge in [0.1, 0.15) is 5.82 Å². The summed E-state index contributed by atoms with van der Waals surface area (Å²) in [5.74, 6) is 1.61. The lowest BCUT2D eigenvalue weighted by Gasteiger charge is -2.07. The molecular formula is C13H19N5. The molecule has 0 bridgehead atoms. The van der Waals surface area contributed by atoms with Gasteiger partial charge in [-0.3, -0.25) is 4.68 Å². The number of rotatable bonds is 4. The zero-order chi connectivity index (χ0) is 13.1. The van der Waals surface area contributed by atoms with E-state index in [1.54, 1.807) is 4.68 Å². The highest BCUT2D eigenvalue weighted by molar-refractivity contribution is 5.59. The van der Waals surface area contributed by atoms with E-state index in [9.17, 15) is 0 Å². The molecule has 2 aromatic rings. The summed E-state index contributed by atoms with van der Waals surface area (Å²) in [4.78, 5) is 9.02. The van der Waals surface area contributed by atoms with Crippen LogP contribution in [-0.4, -0.2) is 26.3 Å². The highest BCUT2D eigenvalue weighted by Gasteiger charge is 2.10. The third-order valence-electron chi connectivity index (χ3n) is 2.66. The lowest BCUT2D eigenvalue weighted by atomic mass is 10.2. The maximum atomic E-state index is 4.54. The van der Waals surface area contributed by atoms with Crippen molar-refractivity contribution >= 4 is 5.82 Å². The minimum Gasteiger partial charge on any atom is -0.370 e. The molecule has 0 spiro atoms. The van der Waals surface area contributed by atoms with Crippen molar-refractivity contribution in [3.05, 3.63) is 23.7 Å². The van der Waals surface area contributed by atoms with Gasteiger partial charge in [0.2, 0.25) is 0 Å². The van der Waals surface area contributed by atoms with E-state index in [0.29, 0.717) is 0 Å². The minimum absolute atomic E-state index is 0.735. The molecule has 0 unspecified atom stereocenters. The van der Waals surface area contributed by atoms with Crippen molar-refractivity contribution in [1.29, 1.82) is 0 Å². The highest BCUT2D eigenvalue weighted by atomic mass is 15.3. The summed E-state index contributed by atoms with van der Waals surface area (Å²) in [5, 5.41) is 7.62. The Balaban J connectivity index is 2.38. The van der Waals surface area contributed by atoms with Crippen LogP contribution in [0.3, 0.4) is 0 Å². The summed E-state index contributed by atoms with van der Waals surface area (Å²) in [6.45, 7) is 7.00. The molecule has 0 saturated carbocycles. The molecule has 0 amide bonds. The molecule has 2 aromatic heterocycles. The normalized spacial score (nSPS) is 10.7. The number of aromatic nitrogens is 4. The lowest BCUT2D eigenvalue weighted by molar-refractivity contribution is 0.756. The predicted octanol–water partition coefficient (Wildman–Crippen LogP) is 2.32. The summed E-state index contributed by atoms with van der Waals surface area (Å²) < 4.78 is 1.79. The molecule has 5 nitrogen and oxygen atoms in total. The molecule has 2 rings (SSSR count). The van der Waals surface area contributed by atoms with Crippen LogP contribution in [-0.2, 0) is 7.05 Å². The smallest absolute Gasteiger partial charge is 0.165 e. The molecule has 0 radical (unpaired) electrons. The second kappa shape index (κ2) is 5.16. The van der Waals surface area contributed by atoms with Crippen molar-refractivity contribution in [2.45, 2.75) is 27.2 Å². The Labute approximate surface area is 107 Å². The van der Waals surface area contributed by atoms with Gasteiger partial charge in [-0.25, -0.2) is 9.97 Å². The molecule has 2 heterocycles. The Bertz CT molecular complexity index is 544. The van der Waals surface area contributed by atoms with Gasteiger partial charge < -0.3 is 5.32 Å². The summed E-state index contributed by atoms with van der Waals surface area (Å²) >= 11 is 0. The summed E-state index contributed by atoms with van der Waals surface area (Å²) in [7, 11) is 1.91. The van der Waals surface area contributed by atoms with Crippen molar-refractivity contribution < 1.29 is 0 Å². The van der Waals surface area contributed by atoms with Gasteiger partial charge in [0.05, 0.1) is 11.3 Å². The zero-order valence-corrected chi connectivity index (χ0v) is 11.4. The number of aryl methyl sites for hydroxylation is 3. The van der Waals surface area contributed by atoms with E-state index in [1.807, 2.05) is 33.2 Å². The van der Waals surface area contributed by atoms with Gasteiger partial charge in [0.15, 0.2) is 5.82 Å². The monoisotopic (exact) mass is 245 g/mol. The van der Waals surface area contributed by atoms with Gasteiger partial charge in [-0.1, -0.05) is 6.92 Å². The van der Waals surface area contributed by atoms with E-state index in [0.717, 1.165) is 41.6 Å². The molecule has 18 heavy (non-hydrogen) atoms. The first-order chi connectivity index (χ1) is 8.60.